The summed E-state index contributed by atoms with van der Waals surface area (Å²) in [4.78, 5) is 1.54. The smallest absolute Gasteiger partial charge is 0.0587 e. The fourth-order valence-corrected chi connectivity index (χ4v) is 3.90. The lowest BCUT2D eigenvalue weighted by atomic mass is 9.71. The minimum atomic E-state index is 0.538. The molecule has 1 heterocycles. The number of nitrogens with one attached hydrogen (secondary N) is 1. The zero-order chi connectivity index (χ0) is 13.4. The van der Waals surface area contributed by atoms with Crippen LogP contribution in [0.2, 0.25) is 0 Å². The average molecular weight is 281 g/mol. The first kappa shape index (κ1) is 15.0. The molecule has 1 aliphatic carbocycles. The van der Waals surface area contributed by atoms with Gasteiger partial charge in [0.15, 0.2) is 0 Å². The summed E-state index contributed by atoms with van der Waals surface area (Å²) in [7, 11) is 1.77. The summed E-state index contributed by atoms with van der Waals surface area (Å²) in [5.74, 6) is 0. The van der Waals surface area contributed by atoms with Gasteiger partial charge in [-0.1, -0.05) is 25.3 Å². The van der Waals surface area contributed by atoms with Crippen molar-refractivity contribution >= 4 is 11.3 Å². The van der Waals surface area contributed by atoms with Crippen molar-refractivity contribution in [1.82, 2.24) is 5.32 Å². The van der Waals surface area contributed by atoms with Gasteiger partial charge in [-0.05, 0) is 42.5 Å². The number of aryl methyl sites for hydroxylation is 1. The molecule has 0 saturated heterocycles. The summed E-state index contributed by atoms with van der Waals surface area (Å²) in [6, 6.07) is 4.45. The largest absolute Gasteiger partial charge is 0.383 e. The first-order valence-corrected chi connectivity index (χ1v) is 8.45. The van der Waals surface area contributed by atoms with Gasteiger partial charge in [0, 0.05) is 25.1 Å². The molecule has 1 saturated carbocycles. The minimum absolute atomic E-state index is 0.538. The van der Waals surface area contributed by atoms with Crippen LogP contribution in [0.4, 0.5) is 0 Å². The molecule has 0 aliphatic heterocycles. The second kappa shape index (κ2) is 8.03. The summed E-state index contributed by atoms with van der Waals surface area (Å²) >= 11 is 1.90. The van der Waals surface area contributed by atoms with Crippen LogP contribution >= 0.6 is 11.3 Å². The minimum Gasteiger partial charge on any atom is -0.383 e. The van der Waals surface area contributed by atoms with Crippen molar-refractivity contribution in [3.8, 4) is 0 Å². The average Bonchev–Trinajstić information content (AvgIpc) is 2.96. The van der Waals surface area contributed by atoms with Crippen LogP contribution in [0, 0.1) is 5.41 Å². The first-order valence-electron chi connectivity index (χ1n) is 7.57. The van der Waals surface area contributed by atoms with Crippen LogP contribution in [-0.2, 0) is 11.2 Å². The van der Waals surface area contributed by atoms with E-state index in [-0.39, 0.29) is 0 Å². The molecular formula is C16H27NOS. The van der Waals surface area contributed by atoms with E-state index in [0.29, 0.717) is 5.41 Å². The lowest BCUT2D eigenvalue weighted by Crippen LogP contribution is -2.37. The molecule has 0 bridgehead atoms. The summed E-state index contributed by atoms with van der Waals surface area (Å²) in [6.45, 7) is 2.97. The monoisotopic (exact) mass is 281 g/mol. The number of ether oxygens (including phenoxy) is 1. The van der Waals surface area contributed by atoms with Gasteiger partial charge in [-0.2, -0.15) is 0 Å². The van der Waals surface area contributed by atoms with Gasteiger partial charge in [0.25, 0.3) is 0 Å². The van der Waals surface area contributed by atoms with Crippen molar-refractivity contribution in [2.24, 2.45) is 5.41 Å². The van der Waals surface area contributed by atoms with Crippen molar-refractivity contribution < 1.29 is 4.74 Å². The molecule has 0 radical (unpaired) electrons. The van der Waals surface area contributed by atoms with Crippen molar-refractivity contribution in [2.75, 3.05) is 26.8 Å². The number of hydrogen-bond acceptors (Lipinski definition) is 3. The van der Waals surface area contributed by atoms with Crippen LogP contribution in [0.5, 0.6) is 0 Å². The first-order chi connectivity index (χ1) is 9.35. The van der Waals surface area contributed by atoms with E-state index >= 15 is 0 Å². The highest BCUT2D eigenvalue weighted by molar-refractivity contribution is 7.09. The van der Waals surface area contributed by atoms with Crippen LogP contribution in [0.15, 0.2) is 17.5 Å². The Hall–Kier alpha value is -0.380. The van der Waals surface area contributed by atoms with Gasteiger partial charge in [-0.15, -0.1) is 11.3 Å². The Kier molecular flexibility index (Phi) is 6.35. The third-order valence-electron chi connectivity index (χ3n) is 4.38. The molecule has 1 N–H and O–H groups in total. The van der Waals surface area contributed by atoms with Crippen molar-refractivity contribution in [3.05, 3.63) is 22.4 Å². The lowest BCUT2D eigenvalue weighted by molar-refractivity contribution is 0.153. The number of hydrogen-bond donors (Lipinski definition) is 1. The molecule has 3 heteroatoms. The van der Waals surface area contributed by atoms with E-state index in [1.54, 1.807) is 12.0 Å². The second-order valence-corrected chi connectivity index (χ2v) is 6.84. The Morgan fingerprint density at radius 2 is 2.16 bits per heavy atom. The fraction of sp³-hybridized carbons (Fsp3) is 0.750. The van der Waals surface area contributed by atoms with Gasteiger partial charge in [0.05, 0.1) is 6.61 Å². The number of thiophene rings is 1. The maximum Gasteiger partial charge on any atom is 0.0587 e. The Labute approximate surface area is 121 Å². The molecule has 0 atom stereocenters. The third kappa shape index (κ3) is 4.90. The topological polar surface area (TPSA) is 21.3 Å². The maximum absolute atomic E-state index is 5.12. The van der Waals surface area contributed by atoms with Crippen LogP contribution in [0.1, 0.15) is 43.4 Å². The van der Waals surface area contributed by atoms with Gasteiger partial charge < -0.3 is 10.1 Å². The third-order valence-corrected chi connectivity index (χ3v) is 5.32. The predicted molar refractivity (Wildman–Crippen MR) is 82.9 cm³/mol. The van der Waals surface area contributed by atoms with E-state index in [1.807, 2.05) is 11.3 Å². The zero-order valence-electron chi connectivity index (χ0n) is 12.1. The van der Waals surface area contributed by atoms with Crippen LogP contribution in [-0.4, -0.2) is 26.8 Å². The van der Waals surface area contributed by atoms with Gasteiger partial charge in [-0.3, -0.25) is 0 Å². The Morgan fingerprint density at radius 3 is 2.84 bits per heavy atom. The summed E-state index contributed by atoms with van der Waals surface area (Å²) in [5, 5.41) is 5.80. The van der Waals surface area contributed by atoms with Crippen LogP contribution in [0.3, 0.4) is 0 Å². The second-order valence-electron chi connectivity index (χ2n) is 5.81. The summed E-state index contributed by atoms with van der Waals surface area (Å²) < 4.78 is 5.12. The van der Waals surface area contributed by atoms with Gasteiger partial charge in [0.2, 0.25) is 0 Å². The van der Waals surface area contributed by atoms with Gasteiger partial charge in [0.1, 0.15) is 0 Å². The lowest BCUT2D eigenvalue weighted by Gasteiger charge is -2.38. The molecule has 1 aliphatic rings. The van der Waals surface area contributed by atoms with E-state index < -0.39 is 0 Å². The molecule has 1 aromatic heterocycles. The quantitative estimate of drug-likeness (QED) is 0.730. The van der Waals surface area contributed by atoms with E-state index in [9.17, 15) is 0 Å². The summed E-state index contributed by atoms with van der Waals surface area (Å²) in [6.07, 6.45) is 9.65. The zero-order valence-corrected chi connectivity index (χ0v) is 12.9. The van der Waals surface area contributed by atoms with Crippen molar-refractivity contribution in [3.63, 3.8) is 0 Å². The normalized spacial score (nSPS) is 18.6. The fourth-order valence-electron chi connectivity index (χ4n) is 3.19. The number of rotatable bonds is 8. The van der Waals surface area contributed by atoms with Crippen molar-refractivity contribution in [1.29, 1.82) is 0 Å². The van der Waals surface area contributed by atoms with Crippen molar-refractivity contribution in [2.45, 2.75) is 44.9 Å². The summed E-state index contributed by atoms with van der Waals surface area (Å²) in [5.41, 5.74) is 0.538. The molecule has 108 valence electrons. The standard InChI is InChI=1S/C16H27NOS/c1-18-12-11-17-14-16(8-3-2-4-9-16)10-7-15-6-5-13-19-15/h5-6,13,17H,2-4,7-12,14H2,1H3. The van der Waals surface area contributed by atoms with Gasteiger partial charge in [-0.25, -0.2) is 0 Å². The molecule has 2 nitrogen and oxygen atoms in total. The molecule has 1 aromatic rings. The van der Waals surface area contributed by atoms with Gasteiger partial charge >= 0.3 is 0 Å². The molecule has 0 amide bonds. The Bertz CT molecular complexity index is 331. The Morgan fingerprint density at radius 1 is 1.32 bits per heavy atom. The van der Waals surface area contributed by atoms with E-state index in [4.69, 9.17) is 4.74 Å². The molecule has 19 heavy (non-hydrogen) atoms. The highest BCUT2D eigenvalue weighted by atomic mass is 32.1. The van der Waals surface area contributed by atoms with E-state index in [1.165, 1.54) is 51.5 Å². The number of methoxy groups -OCH3 is 1. The molecule has 0 aromatic carbocycles. The molecule has 0 unspecified atom stereocenters. The molecular weight excluding hydrogens is 254 g/mol. The predicted octanol–water partition coefficient (Wildman–Crippen LogP) is 3.87. The van der Waals surface area contributed by atoms with E-state index in [2.05, 4.69) is 22.8 Å². The maximum atomic E-state index is 5.12. The molecule has 1 fully saturated rings. The Balaban J connectivity index is 1.82. The SMILES string of the molecule is COCCNCC1(CCc2cccs2)CCCCC1. The molecule has 0 spiro atoms. The molecule has 2 rings (SSSR count). The van der Waals surface area contributed by atoms with Crippen LogP contribution < -0.4 is 5.32 Å². The highest BCUT2D eigenvalue weighted by Gasteiger charge is 2.31. The van der Waals surface area contributed by atoms with E-state index in [0.717, 1.165) is 13.2 Å². The van der Waals surface area contributed by atoms with Crippen LogP contribution in [0.25, 0.3) is 0 Å². The highest BCUT2D eigenvalue weighted by Crippen LogP contribution is 2.40.